The molecule has 2 saturated carbocycles. The Hall–Kier alpha value is -0.900. The third-order valence-electron chi connectivity index (χ3n) is 6.31. The minimum absolute atomic E-state index is 0.124. The van der Waals surface area contributed by atoms with Gasteiger partial charge >= 0.3 is 0 Å². The van der Waals surface area contributed by atoms with Gasteiger partial charge in [-0.1, -0.05) is 99.2 Å². The van der Waals surface area contributed by atoms with E-state index >= 15 is 0 Å². The van der Waals surface area contributed by atoms with E-state index < -0.39 is 0 Å². The van der Waals surface area contributed by atoms with Gasteiger partial charge in [-0.15, -0.1) is 0 Å². The normalized spacial score (nSPS) is 21.6. The predicted octanol–water partition coefficient (Wildman–Crippen LogP) is 8.02. The van der Waals surface area contributed by atoms with E-state index in [1.165, 1.54) is 75.3 Å². The summed E-state index contributed by atoms with van der Waals surface area (Å²) in [5, 5.41) is 0. The molecule has 0 bridgehead atoms. The molecule has 3 heteroatoms. The first-order valence-corrected chi connectivity index (χ1v) is 12.0. The summed E-state index contributed by atoms with van der Waals surface area (Å²) in [4.78, 5) is 0. The van der Waals surface area contributed by atoms with Gasteiger partial charge < -0.3 is 0 Å². The van der Waals surface area contributed by atoms with Crippen molar-refractivity contribution in [2.24, 2.45) is 0 Å². The maximum Gasteiger partial charge on any atom is 0.0683 e. The Bertz CT molecular complexity index is 627. The van der Waals surface area contributed by atoms with Crippen molar-refractivity contribution in [2.75, 3.05) is 0 Å². The predicted molar refractivity (Wildman–Crippen MR) is 119 cm³/mol. The van der Waals surface area contributed by atoms with E-state index in [4.69, 9.17) is 3.63 Å². The fourth-order valence-corrected chi connectivity index (χ4v) is 7.27. The van der Waals surface area contributed by atoms with Crippen molar-refractivity contribution < 1.29 is 3.63 Å². The van der Waals surface area contributed by atoms with Crippen molar-refractivity contribution in [1.82, 2.24) is 0 Å². The first-order chi connectivity index (χ1) is 13.3. The Morgan fingerprint density at radius 1 is 0.519 bits per heavy atom. The molecule has 4 rings (SSSR count). The van der Waals surface area contributed by atoms with Crippen LogP contribution in [-0.2, 0) is 13.1 Å². The molecule has 0 N–H and O–H groups in total. The van der Waals surface area contributed by atoms with Gasteiger partial charge in [-0.3, -0.25) is 0 Å². The highest BCUT2D eigenvalue weighted by atomic mass is 32.2. The molecule has 2 aromatic rings. The van der Waals surface area contributed by atoms with Gasteiger partial charge in [-0.2, -0.15) is 0 Å². The lowest BCUT2D eigenvalue weighted by Gasteiger charge is -2.39. The molecule has 0 heterocycles. The highest BCUT2D eigenvalue weighted by Gasteiger charge is 2.39. The second-order valence-corrected chi connectivity index (χ2v) is 10.5. The number of benzene rings is 2. The van der Waals surface area contributed by atoms with E-state index in [1.54, 1.807) is 24.1 Å². The van der Waals surface area contributed by atoms with Crippen LogP contribution in [0.15, 0.2) is 60.7 Å². The second kappa shape index (κ2) is 9.07. The molecule has 2 aliphatic rings. The first kappa shape index (κ1) is 19.4. The van der Waals surface area contributed by atoms with Crippen LogP contribution in [-0.4, -0.2) is 0 Å². The van der Waals surface area contributed by atoms with E-state index in [-0.39, 0.29) is 9.49 Å². The summed E-state index contributed by atoms with van der Waals surface area (Å²) in [6.45, 7) is 0. The van der Waals surface area contributed by atoms with Crippen LogP contribution in [0, 0.1) is 0 Å². The van der Waals surface area contributed by atoms with Crippen LogP contribution in [0.3, 0.4) is 0 Å². The molecule has 0 amide bonds. The molecule has 0 aromatic heterocycles. The maximum absolute atomic E-state index is 6.46. The SMILES string of the molecule is c1ccc(C2(SOSC3(c4ccccc4)CCCCC3)CCCCC2)cc1. The molecular formula is C24H30OS2. The van der Waals surface area contributed by atoms with Gasteiger partial charge in [0.25, 0.3) is 0 Å². The molecule has 0 radical (unpaired) electrons. The molecule has 2 fully saturated rings. The molecule has 0 spiro atoms. The Morgan fingerprint density at radius 3 is 1.26 bits per heavy atom. The van der Waals surface area contributed by atoms with Gasteiger partial charge in [-0.05, 0) is 36.8 Å². The molecule has 0 atom stereocenters. The van der Waals surface area contributed by atoms with Gasteiger partial charge in [0.2, 0.25) is 0 Å². The number of hydrogen-bond donors (Lipinski definition) is 0. The van der Waals surface area contributed by atoms with Crippen LogP contribution < -0.4 is 0 Å². The van der Waals surface area contributed by atoms with Crippen LogP contribution in [0.25, 0.3) is 0 Å². The van der Waals surface area contributed by atoms with Crippen LogP contribution in [0.4, 0.5) is 0 Å². The lowest BCUT2D eigenvalue weighted by molar-refractivity contribution is 0.386. The Balaban J connectivity index is 1.50. The molecular weight excluding hydrogens is 368 g/mol. The summed E-state index contributed by atoms with van der Waals surface area (Å²) in [6.07, 6.45) is 12.8. The van der Waals surface area contributed by atoms with E-state index in [1.807, 2.05) is 0 Å². The Kier molecular flexibility index (Phi) is 6.52. The smallest absolute Gasteiger partial charge is 0.0683 e. The lowest BCUT2D eigenvalue weighted by Crippen LogP contribution is -2.27. The zero-order chi connectivity index (χ0) is 18.4. The van der Waals surface area contributed by atoms with Crippen molar-refractivity contribution in [3.8, 4) is 0 Å². The largest absolute Gasteiger partial charge is 0.245 e. The van der Waals surface area contributed by atoms with E-state index in [0.717, 1.165) is 0 Å². The van der Waals surface area contributed by atoms with Gasteiger partial charge in [-0.25, -0.2) is 3.63 Å². The standard InChI is InChI=1S/C24H30OS2/c1-5-13-21(14-6-1)23(17-9-3-10-18-23)26-25-27-24(19-11-4-12-20-24)22-15-7-2-8-16-22/h1-2,5-8,13-16H,3-4,9-12,17-20H2. The molecule has 2 aromatic carbocycles. The summed E-state index contributed by atoms with van der Waals surface area (Å²) in [6, 6.07) is 22.1. The minimum atomic E-state index is 0.124. The van der Waals surface area contributed by atoms with Gasteiger partial charge in [0, 0.05) is 24.1 Å². The molecule has 144 valence electrons. The number of rotatable bonds is 6. The monoisotopic (exact) mass is 398 g/mol. The minimum Gasteiger partial charge on any atom is -0.245 e. The Labute approximate surface area is 173 Å². The summed E-state index contributed by atoms with van der Waals surface area (Å²) >= 11 is 3.50. The van der Waals surface area contributed by atoms with Crippen molar-refractivity contribution in [1.29, 1.82) is 0 Å². The average Bonchev–Trinajstić information content (AvgIpc) is 2.76. The third kappa shape index (κ3) is 4.41. The van der Waals surface area contributed by atoms with Crippen LogP contribution in [0.1, 0.15) is 75.3 Å². The van der Waals surface area contributed by atoms with Crippen LogP contribution >= 0.6 is 24.1 Å². The lowest BCUT2D eigenvalue weighted by atomic mass is 9.83. The summed E-state index contributed by atoms with van der Waals surface area (Å²) < 4.78 is 6.71. The van der Waals surface area contributed by atoms with Crippen molar-refractivity contribution in [3.63, 3.8) is 0 Å². The summed E-state index contributed by atoms with van der Waals surface area (Å²) in [7, 11) is 0. The van der Waals surface area contributed by atoms with Crippen molar-refractivity contribution in [2.45, 2.75) is 73.7 Å². The fourth-order valence-electron chi connectivity index (χ4n) is 4.72. The Morgan fingerprint density at radius 2 is 0.889 bits per heavy atom. The summed E-state index contributed by atoms with van der Waals surface area (Å²) in [5.74, 6) is 0. The molecule has 0 aliphatic heterocycles. The quantitative estimate of drug-likeness (QED) is 0.456. The number of hydrogen-bond acceptors (Lipinski definition) is 3. The van der Waals surface area contributed by atoms with E-state index in [2.05, 4.69) is 60.7 Å². The molecule has 0 unspecified atom stereocenters. The van der Waals surface area contributed by atoms with E-state index in [0.29, 0.717) is 0 Å². The molecule has 2 aliphatic carbocycles. The molecule has 1 nitrogen and oxygen atoms in total. The second-order valence-electron chi connectivity index (χ2n) is 8.08. The zero-order valence-electron chi connectivity index (χ0n) is 16.1. The first-order valence-electron chi connectivity index (χ1n) is 10.5. The maximum atomic E-state index is 6.46. The van der Waals surface area contributed by atoms with Crippen molar-refractivity contribution in [3.05, 3.63) is 71.8 Å². The highest BCUT2D eigenvalue weighted by molar-refractivity contribution is 8.08. The molecule has 27 heavy (non-hydrogen) atoms. The highest BCUT2D eigenvalue weighted by Crippen LogP contribution is 2.55. The zero-order valence-corrected chi connectivity index (χ0v) is 17.7. The van der Waals surface area contributed by atoms with E-state index in [9.17, 15) is 0 Å². The van der Waals surface area contributed by atoms with Gasteiger partial charge in [0.05, 0.1) is 9.49 Å². The van der Waals surface area contributed by atoms with Crippen molar-refractivity contribution >= 4 is 24.1 Å². The average molecular weight is 399 g/mol. The van der Waals surface area contributed by atoms with Gasteiger partial charge in [0.1, 0.15) is 0 Å². The van der Waals surface area contributed by atoms with Gasteiger partial charge in [0.15, 0.2) is 0 Å². The topological polar surface area (TPSA) is 9.23 Å². The summed E-state index contributed by atoms with van der Waals surface area (Å²) in [5.41, 5.74) is 2.88. The van der Waals surface area contributed by atoms with Crippen LogP contribution in [0.5, 0.6) is 0 Å². The fraction of sp³-hybridized carbons (Fsp3) is 0.500. The molecule has 0 saturated heterocycles. The van der Waals surface area contributed by atoms with Crippen LogP contribution in [0.2, 0.25) is 0 Å². The third-order valence-corrected chi connectivity index (χ3v) is 8.78.